The Labute approximate surface area is 65.8 Å². The number of likely N-dealkylation sites (tertiary alicyclic amines) is 1. The lowest BCUT2D eigenvalue weighted by Crippen LogP contribution is -2.47. The van der Waals surface area contributed by atoms with Crippen LogP contribution in [0.2, 0.25) is 0 Å². The number of likely N-dealkylation sites (N-methyl/N-ethyl adjacent to an activating group) is 1. The van der Waals surface area contributed by atoms with Crippen molar-refractivity contribution in [3.63, 3.8) is 0 Å². The van der Waals surface area contributed by atoms with Crippen LogP contribution in [0, 0.1) is 0 Å². The van der Waals surface area contributed by atoms with E-state index in [1.807, 2.05) is 0 Å². The Hall–Kier alpha value is -0.610. The van der Waals surface area contributed by atoms with E-state index in [4.69, 9.17) is 9.84 Å². The molecule has 0 aliphatic carbocycles. The number of carbonyl (C=O) groups is 1. The lowest BCUT2D eigenvalue weighted by Gasteiger charge is -2.32. The molecule has 0 aromatic heterocycles. The van der Waals surface area contributed by atoms with Crippen LogP contribution in [0.15, 0.2) is 0 Å². The molecule has 0 bridgehead atoms. The second-order valence-electron chi connectivity index (χ2n) is 2.76. The second kappa shape index (κ2) is 2.79. The summed E-state index contributed by atoms with van der Waals surface area (Å²) in [6.45, 7) is -0.133. The third-order valence-corrected chi connectivity index (χ3v) is 2.34. The van der Waals surface area contributed by atoms with E-state index in [-0.39, 0.29) is 12.5 Å². The molecular weight excluding hydrogens is 146 g/mol. The van der Waals surface area contributed by atoms with Gasteiger partial charge in [0.2, 0.25) is 5.91 Å². The second-order valence-corrected chi connectivity index (χ2v) is 2.76. The van der Waals surface area contributed by atoms with Gasteiger partial charge in [-0.15, -0.1) is 0 Å². The highest BCUT2D eigenvalue weighted by atomic mass is 16.5. The lowest BCUT2D eigenvalue weighted by atomic mass is 10.2. The first-order chi connectivity index (χ1) is 5.16. The summed E-state index contributed by atoms with van der Waals surface area (Å²) in [5.74, 6) is 0.0286. The summed E-state index contributed by atoms with van der Waals surface area (Å²) in [4.78, 5) is 12.5. The number of ether oxygens (including phenoxy) is 1. The SMILES string of the molecule is COC1(CO)CCC(=O)N1C. The molecule has 1 aliphatic heterocycles. The zero-order chi connectivity index (χ0) is 8.48. The van der Waals surface area contributed by atoms with Crippen molar-refractivity contribution in [1.82, 2.24) is 4.90 Å². The monoisotopic (exact) mass is 159 g/mol. The molecular formula is C7H13NO3. The molecule has 4 nitrogen and oxygen atoms in total. The van der Waals surface area contributed by atoms with Gasteiger partial charge in [0.25, 0.3) is 0 Å². The highest BCUT2D eigenvalue weighted by Crippen LogP contribution is 2.28. The van der Waals surface area contributed by atoms with Crippen LogP contribution in [-0.2, 0) is 9.53 Å². The minimum absolute atomic E-state index is 0.0286. The maximum Gasteiger partial charge on any atom is 0.224 e. The number of aliphatic hydroxyl groups excluding tert-OH is 1. The molecule has 0 radical (unpaired) electrons. The van der Waals surface area contributed by atoms with Crippen LogP contribution in [0.5, 0.6) is 0 Å². The summed E-state index contributed by atoms with van der Waals surface area (Å²) in [6, 6.07) is 0. The van der Waals surface area contributed by atoms with Gasteiger partial charge in [0, 0.05) is 27.0 Å². The van der Waals surface area contributed by atoms with Gasteiger partial charge in [0.1, 0.15) is 0 Å². The van der Waals surface area contributed by atoms with Gasteiger partial charge >= 0.3 is 0 Å². The molecule has 0 saturated carbocycles. The average Bonchev–Trinajstić information content (AvgIpc) is 2.32. The van der Waals surface area contributed by atoms with E-state index in [2.05, 4.69) is 0 Å². The standard InChI is InChI=1S/C7H13NO3/c1-8-6(10)3-4-7(8,5-9)11-2/h9H,3-5H2,1-2H3. The molecule has 0 spiro atoms. The summed E-state index contributed by atoms with van der Waals surface area (Å²) >= 11 is 0. The number of nitrogens with zero attached hydrogens (tertiary/aromatic N) is 1. The molecule has 11 heavy (non-hydrogen) atoms. The summed E-state index contributed by atoms with van der Waals surface area (Å²) < 4.78 is 5.09. The first-order valence-electron chi connectivity index (χ1n) is 3.59. The number of hydrogen-bond donors (Lipinski definition) is 1. The zero-order valence-electron chi connectivity index (χ0n) is 6.83. The van der Waals surface area contributed by atoms with Gasteiger partial charge in [-0.25, -0.2) is 0 Å². The summed E-state index contributed by atoms with van der Waals surface area (Å²) in [7, 11) is 3.15. The largest absolute Gasteiger partial charge is 0.391 e. The van der Waals surface area contributed by atoms with Crippen LogP contribution in [0.1, 0.15) is 12.8 Å². The normalized spacial score (nSPS) is 31.5. The Bertz CT molecular complexity index is 165. The zero-order valence-corrected chi connectivity index (χ0v) is 6.83. The van der Waals surface area contributed by atoms with E-state index in [9.17, 15) is 4.79 Å². The third kappa shape index (κ3) is 1.12. The number of methoxy groups -OCH3 is 1. The Morgan fingerprint density at radius 2 is 2.45 bits per heavy atom. The van der Waals surface area contributed by atoms with E-state index >= 15 is 0 Å². The first kappa shape index (κ1) is 8.49. The Kier molecular flexibility index (Phi) is 2.15. The average molecular weight is 159 g/mol. The molecule has 1 unspecified atom stereocenters. The Balaban J connectivity index is 2.77. The number of aliphatic hydroxyl groups is 1. The fraction of sp³-hybridized carbons (Fsp3) is 0.857. The predicted molar refractivity (Wildman–Crippen MR) is 38.8 cm³/mol. The quantitative estimate of drug-likeness (QED) is 0.595. The van der Waals surface area contributed by atoms with Crippen molar-refractivity contribution < 1.29 is 14.6 Å². The molecule has 0 aromatic carbocycles. The van der Waals surface area contributed by atoms with Crippen LogP contribution in [-0.4, -0.2) is 42.4 Å². The molecule has 4 heteroatoms. The van der Waals surface area contributed by atoms with Gasteiger partial charge in [0.05, 0.1) is 6.61 Å². The maximum atomic E-state index is 11.0. The number of carbonyl (C=O) groups excluding carboxylic acids is 1. The van der Waals surface area contributed by atoms with Crippen molar-refractivity contribution in [3.8, 4) is 0 Å². The van der Waals surface area contributed by atoms with Crippen LogP contribution in [0.25, 0.3) is 0 Å². The highest BCUT2D eigenvalue weighted by Gasteiger charge is 2.42. The summed E-state index contributed by atoms with van der Waals surface area (Å²) in [6.07, 6.45) is 1.04. The van der Waals surface area contributed by atoms with Gasteiger partial charge < -0.3 is 14.7 Å². The maximum absolute atomic E-state index is 11.0. The van der Waals surface area contributed by atoms with Crippen LogP contribution in [0.4, 0.5) is 0 Å². The van der Waals surface area contributed by atoms with E-state index in [0.717, 1.165) is 0 Å². The van der Waals surface area contributed by atoms with Crippen molar-refractivity contribution in [2.45, 2.75) is 18.6 Å². The summed E-state index contributed by atoms with van der Waals surface area (Å²) in [5, 5.41) is 8.99. The smallest absolute Gasteiger partial charge is 0.224 e. The molecule has 1 heterocycles. The van der Waals surface area contributed by atoms with Crippen LogP contribution in [0.3, 0.4) is 0 Å². The van der Waals surface area contributed by atoms with E-state index in [0.29, 0.717) is 12.8 Å². The van der Waals surface area contributed by atoms with Crippen LogP contribution >= 0.6 is 0 Å². The van der Waals surface area contributed by atoms with E-state index < -0.39 is 5.72 Å². The van der Waals surface area contributed by atoms with Gasteiger partial charge in [-0.2, -0.15) is 0 Å². The molecule has 64 valence electrons. The first-order valence-corrected chi connectivity index (χ1v) is 3.59. The van der Waals surface area contributed by atoms with Gasteiger partial charge in [0.15, 0.2) is 5.72 Å². The number of amides is 1. The van der Waals surface area contributed by atoms with Crippen LogP contribution < -0.4 is 0 Å². The summed E-state index contributed by atoms with van der Waals surface area (Å²) in [5.41, 5.74) is -0.753. The molecule has 1 saturated heterocycles. The van der Waals surface area contributed by atoms with Gasteiger partial charge in [-0.3, -0.25) is 4.79 Å². The topological polar surface area (TPSA) is 49.8 Å². The molecule has 1 rings (SSSR count). The molecule has 1 aliphatic rings. The highest BCUT2D eigenvalue weighted by molar-refractivity contribution is 5.79. The molecule has 1 N–H and O–H groups in total. The third-order valence-electron chi connectivity index (χ3n) is 2.34. The van der Waals surface area contributed by atoms with Gasteiger partial charge in [-0.05, 0) is 0 Å². The number of hydrogen-bond acceptors (Lipinski definition) is 3. The molecule has 1 atom stereocenters. The number of rotatable bonds is 2. The Morgan fingerprint density at radius 1 is 1.82 bits per heavy atom. The van der Waals surface area contributed by atoms with Crippen molar-refractivity contribution in [2.24, 2.45) is 0 Å². The van der Waals surface area contributed by atoms with Gasteiger partial charge in [-0.1, -0.05) is 0 Å². The minimum atomic E-state index is -0.753. The van der Waals surface area contributed by atoms with E-state index in [1.54, 1.807) is 7.05 Å². The predicted octanol–water partition coefficient (Wildman–Crippen LogP) is -0.426. The fourth-order valence-corrected chi connectivity index (χ4v) is 1.35. The van der Waals surface area contributed by atoms with E-state index in [1.165, 1.54) is 12.0 Å². The molecule has 1 amide bonds. The lowest BCUT2D eigenvalue weighted by molar-refractivity contribution is -0.157. The molecule has 1 fully saturated rings. The fourth-order valence-electron chi connectivity index (χ4n) is 1.35. The van der Waals surface area contributed by atoms with Crippen molar-refractivity contribution in [1.29, 1.82) is 0 Å². The molecule has 0 aromatic rings. The minimum Gasteiger partial charge on any atom is -0.391 e. The Morgan fingerprint density at radius 3 is 2.64 bits per heavy atom. The van der Waals surface area contributed by atoms with Crippen molar-refractivity contribution in [3.05, 3.63) is 0 Å². The van der Waals surface area contributed by atoms with Crippen molar-refractivity contribution in [2.75, 3.05) is 20.8 Å². The van der Waals surface area contributed by atoms with Crippen molar-refractivity contribution >= 4 is 5.91 Å².